The van der Waals surface area contributed by atoms with Crippen LogP contribution in [-0.4, -0.2) is 45.7 Å². The molecular weight excluding hydrogens is 372 g/mol. The first-order valence-electron chi connectivity index (χ1n) is 9.19. The normalized spacial score (nSPS) is 16.2. The number of carbonyl (C=O) groups is 2. The monoisotopic (exact) mass is 396 g/mol. The van der Waals surface area contributed by atoms with E-state index in [1.54, 1.807) is 50.5 Å². The Morgan fingerprint density at radius 3 is 2.59 bits per heavy atom. The van der Waals surface area contributed by atoms with Gasteiger partial charge in [-0.15, -0.1) is 0 Å². The fourth-order valence-electron chi connectivity index (χ4n) is 3.21. The minimum atomic E-state index is -0.259. The molecule has 0 aliphatic carbocycles. The summed E-state index contributed by atoms with van der Waals surface area (Å²) >= 11 is 0. The molecule has 1 atom stereocenters. The highest BCUT2D eigenvalue weighted by Crippen LogP contribution is 2.28. The number of benzene rings is 2. The van der Waals surface area contributed by atoms with Gasteiger partial charge in [0.15, 0.2) is 11.5 Å². The van der Waals surface area contributed by atoms with Crippen LogP contribution in [0.15, 0.2) is 48.5 Å². The lowest BCUT2D eigenvalue weighted by atomic mass is 10.2. The van der Waals surface area contributed by atoms with Crippen LogP contribution in [0.2, 0.25) is 0 Å². The molecule has 29 heavy (non-hydrogen) atoms. The number of rotatable bonds is 7. The largest absolute Gasteiger partial charge is 0.497 e. The van der Waals surface area contributed by atoms with E-state index in [9.17, 15) is 9.59 Å². The topological polar surface area (TPSA) is 77.1 Å². The fourth-order valence-corrected chi connectivity index (χ4v) is 3.21. The predicted molar refractivity (Wildman–Crippen MR) is 110 cm³/mol. The van der Waals surface area contributed by atoms with E-state index in [-0.39, 0.29) is 24.3 Å². The first-order chi connectivity index (χ1) is 14.0. The molecule has 2 amide bonds. The summed E-state index contributed by atoms with van der Waals surface area (Å²) in [5.41, 5.74) is 1.56. The average molecular weight is 396 g/mol. The van der Waals surface area contributed by atoms with Gasteiger partial charge in [-0.25, -0.2) is 0 Å². The van der Waals surface area contributed by atoms with Gasteiger partial charge in [0, 0.05) is 30.8 Å². The van der Waals surface area contributed by atoms with Gasteiger partial charge in [-0.3, -0.25) is 9.59 Å². The number of carbonyl (C=O) groups excluding carboxylic acids is 2. The highest BCUT2D eigenvalue weighted by Gasteiger charge is 2.31. The van der Waals surface area contributed by atoms with Crippen LogP contribution >= 0.6 is 0 Å². The molecule has 0 radical (unpaired) electrons. The number of anilines is 1. The Morgan fingerprint density at radius 2 is 1.86 bits per heavy atom. The van der Waals surface area contributed by atoms with E-state index < -0.39 is 0 Å². The highest BCUT2D eigenvalue weighted by molar-refractivity contribution is 5.98. The van der Waals surface area contributed by atoms with Crippen molar-refractivity contribution < 1.29 is 23.8 Å². The number of nitrogens with zero attached hydrogens (tertiary/aromatic N) is 1. The number of nitrogens with one attached hydrogen (secondary N) is 1. The third-order valence-corrected chi connectivity index (χ3v) is 4.67. The lowest BCUT2D eigenvalue weighted by Gasteiger charge is -2.17. The maximum absolute atomic E-state index is 12.4. The Labute approximate surface area is 169 Å². The number of hydrogen-bond acceptors (Lipinski definition) is 5. The molecule has 1 N–H and O–H groups in total. The molecule has 2 aromatic carbocycles. The number of methoxy groups -OCH3 is 3. The van der Waals surface area contributed by atoms with Gasteiger partial charge in [-0.2, -0.15) is 0 Å². The molecule has 1 unspecified atom stereocenters. The van der Waals surface area contributed by atoms with Gasteiger partial charge in [0.05, 0.1) is 27.4 Å². The van der Waals surface area contributed by atoms with E-state index >= 15 is 0 Å². The summed E-state index contributed by atoms with van der Waals surface area (Å²) in [5.74, 6) is 1.60. The van der Waals surface area contributed by atoms with Crippen LogP contribution < -0.4 is 24.4 Å². The van der Waals surface area contributed by atoms with Gasteiger partial charge in [0.1, 0.15) is 5.75 Å². The van der Waals surface area contributed by atoms with Crippen molar-refractivity contribution in [2.45, 2.75) is 12.5 Å². The third-order valence-electron chi connectivity index (χ3n) is 4.67. The van der Waals surface area contributed by atoms with Gasteiger partial charge in [0.25, 0.3) is 0 Å². The van der Waals surface area contributed by atoms with Crippen LogP contribution in [0.25, 0.3) is 6.08 Å². The zero-order valence-corrected chi connectivity index (χ0v) is 16.7. The van der Waals surface area contributed by atoms with Crippen LogP contribution in [0.5, 0.6) is 17.2 Å². The summed E-state index contributed by atoms with van der Waals surface area (Å²) in [7, 11) is 4.71. The first kappa shape index (κ1) is 20.3. The van der Waals surface area contributed by atoms with Crippen molar-refractivity contribution in [3.63, 3.8) is 0 Å². The second kappa shape index (κ2) is 9.14. The maximum Gasteiger partial charge on any atom is 0.244 e. The van der Waals surface area contributed by atoms with E-state index in [1.165, 1.54) is 6.08 Å². The zero-order chi connectivity index (χ0) is 20.8. The van der Waals surface area contributed by atoms with Gasteiger partial charge < -0.3 is 24.4 Å². The lowest BCUT2D eigenvalue weighted by Crippen LogP contribution is -2.36. The third kappa shape index (κ3) is 4.87. The molecule has 152 valence electrons. The summed E-state index contributed by atoms with van der Waals surface area (Å²) < 4.78 is 15.7. The maximum atomic E-state index is 12.4. The van der Waals surface area contributed by atoms with Gasteiger partial charge in [-0.1, -0.05) is 12.1 Å². The summed E-state index contributed by atoms with van der Waals surface area (Å²) in [4.78, 5) is 26.3. The minimum absolute atomic E-state index is 0.0348. The molecular formula is C22H24N2O5. The van der Waals surface area contributed by atoms with Gasteiger partial charge in [0.2, 0.25) is 11.8 Å². The molecule has 7 heteroatoms. The minimum Gasteiger partial charge on any atom is -0.497 e. The van der Waals surface area contributed by atoms with E-state index in [1.807, 2.05) is 24.3 Å². The molecule has 1 fully saturated rings. The van der Waals surface area contributed by atoms with Crippen LogP contribution in [0.3, 0.4) is 0 Å². The summed E-state index contributed by atoms with van der Waals surface area (Å²) in [6.07, 6.45) is 3.39. The Morgan fingerprint density at radius 1 is 1.07 bits per heavy atom. The molecule has 0 saturated carbocycles. The van der Waals surface area contributed by atoms with Crippen LogP contribution in [-0.2, 0) is 9.59 Å². The van der Waals surface area contributed by atoms with Crippen molar-refractivity contribution >= 4 is 23.6 Å². The predicted octanol–water partition coefficient (Wildman–Crippen LogP) is 2.65. The van der Waals surface area contributed by atoms with Crippen molar-refractivity contribution in [3.05, 3.63) is 54.1 Å². The first-order valence-corrected chi connectivity index (χ1v) is 9.19. The van der Waals surface area contributed by atoms with Crippen LogP contribution in [0.4, 0.5) is 5.69 Å². The Bertz CT molecular complexity index is 925. The molecule has 0 spiro atoms. The second-order valence-corrected chi connectivity index (χ2v) is 6.56. The average Bonchev–Trinajstić information content (AvgIpc) is 3.11. The zero-order valence-electron chi connectivity index (χ0n) is 16.7. The lowest BCUT2D eigenvalue weighted by molar-refractivity contribution is -0.117. The number of ether oxygens (including phenoxy) is 3. The van der Waals surface area contributed by atoms with E-state index in [4.69, 9.17) is 14.2 Å². The van der Waals surface area contributed by atoms with Crippen molar-refractivity contribution in [1.82, 2.24) is 5.32 Å². The van der Waals surface area contributed by atoms with Crippen molar-refractivity contribution in [2.24, 2.45) is 0 Å². The summed E-state index contributed by atoms with van der Waals surface area (Å²) in [6, 6.07) is 12.4. The molecule has 3 rings (SSSR count). The molecule has 2 aromatic rings. The SMILES string of the molecule is COc1cccc(N2CC(NC(=O)/C=C/c3ccc(OC)c(OC)c3)CC2=O)c1. The molecule has 0 bridgehead atoms. The van der Waals surface area contributed by atoms with E-state index in [2.05, 4.69) is 5.32 Å². The molecule has 1 heterocycles. The molecule has 0 aromatic heterocycles. The Balaban J connectivity index is 1.61. The van der Waals surface area contributed by atoms with E-state index in [0.717, 1.165) is 11.3 Å². The molecule has 7 nitrogen and oxygen atoms in total. The standard InChI is InChI=1S/C22H24N2O5/c1-27-18-6-4-5-17(13-18)24-14-16(12-22(24)26)23-21(25)10-8-15-7-9-19(28-2)20(11-15)29-3/h4-11,13,16H,12,14H2,1-3H3,(H,23,25)/b10-8+. The Kier molecular flexibility index (Phi) is 6.39. The van der Waals surface area contributed by atoms with Crippen molar-refractivity contribution in [3.8, 4) is 17.2 Å². The van der Waals surface area contributed by atoms with Crippen LogP contribution in [0.1, 0.15) is 12.0 Å². The quantitative estimate of drug-likeness (QED) is 0.728. The van der Waals surface area contributed by atoms with Crippen molar-refractivity contribution in [2.75, 3.05) is 32.8 Å². The summed E-state index contributed by atoms with van der Waals surface area (Å²) in [6.45, 7) is 0.419. The Hall–Kier alpha value is -3.48. The van der Waals surface area contributed by atoms with Crippen molar-refractivity contribution in [1.29, 1.82) is 0 Å². The fraction of sp³-hybridized carbons (Fsp3) is 0.273. The van der Waals surface area contributed by atoms with E-state index in [0.29, 0.717) is 23.8 Å². The highest BCUT2D eigenvalue weighted by atomic mass is 16.5. The van der Waals surface area contributed by atoms with Gasteiger partial charge in [-0.05, 0) is 35.9 Å². The molecule has 1 aliphatic rings. The molecule has 1 aliphatic heterocycles. The van der Waals surface area contributed by atoms with Gasteiger partial charge >= 0.3 is 0 Å². The smallest absolute Gasteiger partial charge is 0.244 e. The second-order valence-electron chi connectivity index (χ2n) is 6.56. The molecule has 1 saturated heterocycles. The van der Waals surface area contributed by atoms with Crippen LogP contribution in [0, 0.1) is 0 Å². The summed E-state index contributed by atoms with van der Waals surface area (Å²) in [5, 5.41) is 2.88. The number of hydrogen-bond donors (Lipinski definition) is 1. The number of amides is 2.